The number of nitriles is 1. The number of allylic oxidation sites excluding steroid dienone is 1. The molecule has 0 aliphatic rings. The molecule has 0 saturated heterocycles. The van der Waals surface area contributed by atoms with Crippen molar-refractivity contribution in [2.45, 2.75) is 25.2 Å². The fourth-order valence-corrected chi connectivity index (χ4v) is 2.31. The van der Waals surface area contributed by atoms with Gasteiger partial charge in [-0.05, 0) is 17.5 Å². The Morgan fingerprint density at radius 1 is 1.35 bits per heavy atom. The summed E-state index contributed by atoms with van der Waals surface area (Å²) < 4.78 is 11.9. The van der Waals surface area contributed by atoms with E-state index in [0.29, 0.717) is 12.2 Å². The zero-order valence-electron chi connectivity index (χ0n) is 10.2. The van der Waals surface area contributed by atoms with Crippen molar-refractivity contribution in [1.82, 2.24) is 0 Å². The lowest BCUT2D eigenvalue weighted by atomic mass is 9.90. The molecule has 0 radical (unpaired) electrons. The molecule has 17 heavy (non-hydrogen) atoms. The Hall–Kier alpha value is -1.40. The fourth-order valence-electron chi connectivity index (χ4n) is 1.39. The summed E-state index contributed by atoms with van der Waals surface area (Å²) in [5.74, 6) is 0.499. The minimum absolute atomic E-state index is 0.143. The lowest BCUT2D eigenvalue weighted by molar-refractivity contribution is 0.494. The van der Waals surface area contributed by atoms with Crippen LogP contribution in [0, 0.1) is 16.7 Å². The zero-order valence-corrected chi connectivity index (χ0v) is 11.0. The topological polar surface area (TPSA) is 40.9 Å². The standard InChI is InChI=1S/C14H17NOS/c1-14(2,10-11-15)9-6-12-17(16)13-7-4-3-5-8-13/h3-9H,10,12H2,1-2H3/b9-6+. The Labute approximate surface area is 105 Å². The maximum absolute atomic E-state index is 11.9. The number of hydrogen-bond donors (Lipinski definition) is 0. The van der Waals surface area contributed by atoms with Gasteiger partial charge in [0.1, 0.15) is 0 Å². The average Bonchev–Trinajstić information content (AvgIpc) is 2.29. The number of rotatable bonds is 5. The van der Waals surface area contributed by atoms with Gasteiger partial charge >= 0.3 is 0 Å². The van der Waals surface area contributed by atoms with E-state index in [1.165, 1.54) is 0 Å². The van der Waals surface area contributed by atoms with Crippen molar-refractivity contribution in [3.05, 3.63) is 42.5 Å². The van der Waals surface area contributed by atoms with Crippen LogP contribution < -0.4 is 0 Å². The monoisotopic (exact) mass is 247 g/mol. The molecule has 0 bridgehead atoms. The second-order valence-electron chi connectivity index (χ2n) is 4.55. The van der Waals surface area contributed by atoms with Crippen LogP contribution in [0.15, 0.2) is 47.4 Å². The molecule has 0 amide bonds. The molecule has 1 atom stereocenters. The van der Waals surface area contributed by atoms with Crippen molar-refractivity contribution >= 4 is 10.8 Å². The van der Waals surface area contributed by atoms with Crippen LogP contribution in [0.2, 0.25) is 0 Å². The third-order valence-electron chi connectivity index (χ3n) is 2.36. The van der Waals surface area contributed by atoms with E-state index < -0.39 is 10.8 Å². The SMILES string of the molecule is CC(C)(/C=C/CS(=O)c1ccccc1)CC#N. The van der Waals surface area contributed by atoms with Crippen LogP contribution in [0.1, 0.15) is 20.3 Å². The normalized spacial score (nSPS) is 13.5. The number of hydrogen-bond acceptors (Lipinski definition) is 2. The summed E-state index contributed by atoms with van der Waals surface area (Å²) in [5, 5.41) is 8.64. The van der Waals surface area contributed by atoms with Crippen molar-refractivity contribution < 1.29 is 4.21 Å². The van der Waals surface area contributed by atoms with Crippen LogP contribution in [0.25, 0.3) is 0 Å². The van der Waals surface area contributed by atoms with Gasteiger partial charge in [-0.1, -0.05) is 44.2 Å². The minimum Gasteiger partial charge on any atom is -0.254 e. The Bertz CT molecular complexity index is 443. The first kappa shape index (κ1) is 13.7. The molecule has 1 rings (SSSR count). The Balaban J connectivity index is 2.55. The highest BCUT2D eigenvalue weighted by Crippen LogP contribution is 2.21. The molecule has 0 saturated carbocycles. The number of nitrogens with zero attached hydrogens (tertiary/aromatic N) is 1. The first-order valence-corrected chi connectivity index (χ1v) is 6.85. The summed E-state index contributed by atoms with van der Waals surface area (Å²) in [5.41, 5.74) is -0.143. The first-order valence-electron chi connectivity index (χ1n) is 5.53. The summed E-state index contributed by atoms with van der Waals surface area (Å²) in [6.07, 6.45) is 4.35. The first-order chi connectivity index (χ1) is 8.05. The van der Waals surface area contributed by atoms with Crippen LogP contribution in [0.3, 0.4) is 0 Å². The van der Waals surface area contributed by atoms with E-state index in [1.807, 2.05) is 56.3 Å². The molecule has 0 fully saturated rings. The van der Waals surface area contributed by atoms with Gasteiger partial charge in [-0.25, -0.2) is 0 Å². The van der Waals surface area contributed by atoms with Gasteiger partial charge in [0.2, 0.25) is 0 Å². The Morgan fingerprint density at radius 3 is 2.59 bits per heavy atom. The third kappa shape index (κ3) is 4.97. The summed E-state index contributed by atoms with van der Waals surface area (Å²) in [6, 6.07) is 11.6. The highest BCUT2D eigenvalue weighted by Gasteiger charge is 2.12. The lowest BCUT2D eigenvalue weighted by Gasteiger charge is -2.14. The van der Waals surface area contributed by atoms with Crippen molar-refractivity contribution in [1.29, 1.82) is 5.26 Å². The van der Waals surface area contributed by atoms with Gasteiger partial charge in [0, 0.05) is 17.1 Å². The van der Waals surface area contributed by atoms with E-state index in [9.17, 15) is 4.21 Å². The molecule has 0 heterocycles. The van der Waals surface area contributed by atoms with E-state index in [4.69, 9.17) is 5.26 Å². The molecule has 0 aliphatic carbocycles. The van der Waals surface area contributed by atoms with E-state index >= 15 is 0 Å². The Kier molecular flexibility index (Phi) is 5.11. The second kappa shape index (κ2) is 6.36. The maximum atomic E-state index is 11.9. The summed E-state index contributed by atoms with van der Waals surface area (Å²) in [6.45, 7) is 4.00. The minimum atomic E-state index is -0.992. The smallest absolute Gasteiger partial charge is 0.0630 e. The molecular formula is C14H17NOS. The van der Waals surface area contributed by atoms with E-state index in [-0.39, 0.29) is 5.41 Å². The molecule has 1 aromatic carbocycles. The van der Waals surface area contributed by atoms with Crippen LogP contribution in [0.4, 0.5) is 0 Å². The van der Waals surface area contributed by atoms with Gasteiger partial charge in [0.05, 0.1) is 16.9 Å². The zero-order chi connectivity index (χ0) is 12.7. The predicted octanol–water partition coefficient (Wildman–Crippen LogP) is 3.29. The number of benzene rings is 1. The van der Waals surface area contributed by atoms with Crippen molar-refractivity contribution in [3.63, 3.8) is 0 Å². The van der Waals surface area contributed by atoms with E-state index in [2.05, 4.69) is 6.07 Å². The van der Waals surface area contributed by atoms with E-state index in [1.54, 1.807) is 0 Å². The molecule has 0 aromatic heterocycles. The van der Waals surface area contributed by atoms with Gasteiger partial charge in [-0.3, -0.25) is 4.21 Å². The van der Waals surface area contributed by atoms with Crippen molar-refractivity contribution in [2.24, 2.45) is 5.41 Å². The predicted molar refractivity (Wildman–Crippen MR) is 70.9 cm³/mol. The Morgan fingerprint density at radius 2 is 2.00 bits per heavy atom. The molecule has 0 spiro atoms. The van der Waals surface area contributed by atoms with Gasteiger partial charge in [-0.2, -0.15) is 5.26 Å². The summed E-state index contributed by atoms with van der Waals surface area (Å²) in [4.78, 5) is 0.843. The molecule has 3 heteroatoms. The van der Waals surface area contributed by atoms with Gasteiger partial charge in [-0.15, -0.1) is 0 Å². The summed E-state index contributed by atoms with van der Waals surface area (Å²) >= 11 is 0. The molecule has 2 nitrogen and oxygen atoms in total. The third-order valence-corrected chi connectivity index (χ3v) is 3.65. The molecule has 90 valence electrons. The van der Waals surface area contributed by atoms with E-state index in [0.717, 1.165) is 4.90 Å². The average molecular weight is 247 g/mol. The highest BCUT2D eigenvalue weighted by molar-refractivity contribution is 7.85. The fraction of sp³-hybridized carbons (Fsp3) is 0.357. The van der Waals surface area contributed by atoms with Crippen LogP contribution in [0.5, 0.6) is 0 Å². The highest BCUT2D eigenvalue weighted by atomic mass is 32.2. The quantitative estimate of drug-likeness (QED) is 0.749. The second-order valence-corrected chi connectivity index (χ2v) is 6.05. The molecular weight excluding hydrogens is 230 g/mol. The lowest BCUT2D eigenvalue weighted by Crippen LogP contribution is -2.06. The van der Waals surface area contributed by atoms with Crippen LogP contribution in [-0.2, 0) is 10.8 Å². The molecule has 1 unspecified atom stereocenters. The largest absolute Gasteiger partial charge is 0.254 e. The maximum Gasteiger partial charge on any atom is 0.0630 e. The molecule has 0 N–H and O–H groups in total. The van der Waals surface area contributed by atoms with Crippen molar-refractivity contribution in [3.8, 4) is 6.07 Å². The van der Waals surface area contributed by atoms with Crippen molar-refractivity contribution in [2.75, 3.05) is 5.75 Å². The van der Waals surface area contributed by atoms with Gasteiger partial charge in [0.25, 0.3) is 0 Å². The van der Waals surface area contributed by atoms with Crippen LogP contribution >= 0.6 is 0 Å². The molecule has 0 aliphatic heterocycles. The van der Waals surface area contributed by atoms with Gasteiger partial charge < -0.3 is 0 Å². The van der Waals surface area contributed by atoms with Gasteiger partial charge in [0.15, 0.2) is 0 Å². The molecule has 1 aromatic rings. The summed E-state index contributed by atoms with van der Waals surface area (Å²) in [7, 11) is -0.992. The van der Waals surface area contributed by atoms with Crippen LogP contribution in [-0.4, -0.2) is 9.96 Å².